The Hall–Kier alpha value is -2.86. The van der Waals surface area contributed by atoms with E-state index in [-0.39, 0.29) is 6.03 Å². The van der Waals surface area contributed by atoms with Gasteiger partial charge in [0.15, 0.2) is 0 Å². The quantitative estimate of drug-likeness (QED) is 0.465. The Morgan fingerprint density at radius 3 is 2.39 bits per heavy atom. The van der Waals surface area contributed by atoms with E-state index in [4.69, 9.17) is 0 Å². The second-order valence-electron chi connectivity index (χ2n) is 8.13. The summed E-state index contributed by atoms with van der Waals surface area (Å²) < 4.78 is 4.66. The van der Waals surface area contributed by atoms with E-state index >= 15 is 0 Å². The highest BCUT2D eigenvalue weighted by molar-refractivity contribution is 5.92. The average molecular weight is 424 g/mol. The van der Waals surface area contributed by atoms with Gasteiger partial charge in [-0.05, 0) is 87.5 Å². The monoisotopic (exact) mass is 423 g/mol. The van der Waals surface area contributed by atoms with Crippen molar-refractivity contribution in [1.29, 1.82) is 0 Å². The smallest absolute Gasteiger partial charge is 0.337 e. The van der Waals surface area contributed by atoms with Crippen molar-refractivity contribution in [2.45, 2.75) is 32.1 Å². The van der Waals surface area contributed by atoms with E-state index in [1.165, 1.54) is 45.0 Å². The molecule has 0 spiro atoms. The second-order valence-corrected chi connectivity index (χ2v) is 8.13. The molecule has 0 unspecified atom stereocenters. The van der Waals surface area contributed by atoms with Crippen LogP contribution in [0.2, 0.25) is 0 Å². The zero-order valence-electron chi connectivity index (χ0n) is 18.3. The fourth-order valence-electron chi connectivity index (χ4n) is 4.01. The van der Waals surface area contributed by atoms with Gasteiger partial charge in [0.1, 0.15) is 0 Å². The molecule has 3 rings (SSSR count). The molecule has 2 amide bonds. The SMILES string of the molecule is COC(=O)c1ccc(NC(=O)NCCCCN2CCC(Cc3ccccc3)CC2)cc1. The molecule has 0 atom stereocenters. The summed E-state index contributed by atoms with van der Waals surface area (Å²) >= 11 is 0. The molecule has 0 aromatic heterocycles. The number of nitrogens with zero attached hydrogens (tertiary/aromatic N) is 1. The summed E-state index contributed by atoms with van der Waals surface area (Å²) in [5.41, 5.74) is 2.55. The minimum Gasteiger partial charge on any atom is -0.465 e. The minimum atomic E-state index is -0.392. The number of anilines is 1. The molecule has 1 aliphatic heterocycles. The molecule has 0 saturated carbocycles. The lowest BCUT2D eigenvalue weighted by Crippen LogP contribution is -2.35. The van der Waals surface area contributed by atoms with Gasteiger partial charge >= 0.3 is 12.0 Å². The Balaban J connectivity index is 1.24. The zero-order valence-corrected chi connectivity index (χ0v) is 18.3. The molecule has 6 nitrogen and oxygen atoms in total. The third-order valence-electron chi connectivity index (χ3n) is 5.82. The van der Waals surface area contributed by atoms with Gasteiger partial charge in [-0.25, -0.2) is 9.59 Å². The normalized spacial score (nSPS) is 14.7. The Labute approximate surface area is 185 Å². The molecule has 2 aromatic rings. The minimum absolute atomic E-state index is 0.229. The number of hydrogen-bond acceptors (Lipinski definition) is 4. The van der Waals surface area contributed by atoms with Gasteiger partial charge in [-0.3, -0.25) is 0 Å². The molecule has 0 bridgehead atoms. The van der Waals surface area contributed by atoms with Crippen molar-refractivity contribution in [3.63, 3.8) is 0 Å². The largest absolute Gasteiger partial charge is 0.465 e. The van der Waals surface area contributed by atoms with Gasteiger partial charge < -0.3 is 20.3 Å². The number of hydrogen-bond donors (Lipinski definition) is 2. The molecule has 6 heteroatoms. The van der Waals surface area contributed by atoms with E-state index in [9.17, 15) is 9.59 Å². The maximum absolute atomic E-state index is 12.0. The highest BCUT2D eigenvalue weighted by atomic mass is 16.5. The summed E-state index contributed by atoms with van der Waals surface area (Å²) in [7, 11) is 1.34. The lowest BCUT2D eigenvalue weighted by molar-refractivity contribution is 0.0600. The molecule has 1 saturated heterocycles. The molecule has 0 radical (unpaired) electrons. The highest BCUT2D eigenvalue weighted by Gasteiger charge is 2.19. The maximum Gasteiger partial charge on any atom is 0.337 e. The van der Waals surface area contributed by atoms with E-state index in [0.29, 0.717) is 17.8 Å². The Morgan fingerprint density at radius 1 is 1.00 bits per heavy atom. The molecule has 166 valence electrons. The number of benzene rings is 2. The van der Waals surface area contributed by atoms with E-state index in [2.05, 4.69) is 50.6 Å². The van der Waals surface area contributed by atoms with Gasteiger partial charge in [-0.1, -0.05) is 30.3 Å². The van der Waals surface area contributed by atoms with Crippen LogP contribution in [0.1, 0.15) is 41.6 Å². The van der Waals surface area contributed by atoms with Crippen molar-refractivity contribution in [2.75, 3.05) is 38.6 Å². The van der Waals surface area contributed by atoms with Crippen LogP contribution in [0.4, 0.5) is 10.5 Å². The summed E-state index contributed by atoms with van der Waals surface area (Å²) in [5.74, 6) is 0.405. The lowest BCUT2D eigenvalue weighted by atomic mass is 9.90. The fourth-order valence-corrected chi connectivity index (χ4v) is 4.01. The molecule has 2 aromatic carbocycles. The van der Waals surface area contributed by atoms with E-state index in [0.717, 1.165) is 25.3 Å². The zero-order chi connectivity index (χ0) is 21.9. The summed E-state index contributed by atoms with van der Waals surface area (Å²) in [6, 6.07) is 17.2. The predicted molar refractivity (Wildman–Crippen MR) is 123 cm³/mol. The van der Waals surface area contributed by atoms with Crippen LogP contribution in [-0.2, 0) is 11.2 Å². The first-order valence-electron chi connectivity index (χ1n) is 11.1. The van der Waals surface area contributed by atoms with Crippen molar-refractivity contribution in [1.82, 2.24) is 10.2 Å². The van der Waals surface area contributed by atoms with E-state index in [1.807, 2.05) is 0 Å². The van der Waals surface area contributed by atoms with Gasteiger partial charge in [0, 0.05) is 12.2 Å². The number of unbranched alkanes of at least 4 members (excludes halogenated alkanes) is 1. The first-order chi connectivity index (χ1) is 15.1. The number of esters is 1. The van der Waals surface area contributed by atoms with Crippen LogP contribution in [0.15, 0.2) is 54.6 Å². The third-order valence-corrected chi connectivity index (χ3v) is 5.82. The number of amides is 2. The highest BCUT2D eigenvalue weighted by Crippen LogP contribution is 2.21. The van der Waals surface area contributed by atoms with Gasteiger partial charge in [-0.15, -0.1) is 0 Å². The van der Waals surface area contributed by atoms with Crippen molar-refractivity contribution in [2.24, 2.45) is 5.92 Å². The third kappa shape index (κ3) is 7.72. The number of carbonyl (C=O) groups is 2. The number of ether oxygens (including phenoxy) is 1. The number of nitrogens with one attached hydrogen (secondary N) is 2. The average Bonchev–Trinajstić information content (AvgIpc) is 2.80. The molecule has 2 N–H and O–H groups in total. The van der Waals surface area contributed by atoms with Crippen LogP contribution in [0.3, 0.4) is 0 Å². The van der Waals surface area contributed by atoms with Crippen LogP contribution in [0.5, 0.6) is 0 Å². The van der Waals surface area contributed by atoms with Crippen LogP contribution < -0.4 is 10.6 Å². The Kier molecular flexibility index (Phi) is 8.91. The van der Waals surface area contributed by atoms with Crippen LogP contribution in [-0.4, -0.2) is 50.2 Å². The van der Waals surface area contributed by atoms with Crippen molar-refractivity contribution in [3.05, 3.63) is 65.7 Å². The lowest BCUT2D eigenvalue weighted by Gasteiger charge is -2.32. The Morgan fingerprint density at radius 2 is 1.71 bits per heavy atom. The van der Waals surface area contributed by atoms with Gasteiger partial charge in [0.2, 0.25) is 0 Å². The summed E-state index contributed by atoms with van der Waals surface area (Å²) in [6.45, 7) is 4.09. The summed E-state index contributed by atoms with van der Waals surface area (Å²) in [5, 5.41) is 5.67. The second kappa shape index (κ2) is 12.1. The number of likely N-dealkylation sites (tertiary alicyclic amines) is 1. The van der Waals surface area contributed by atoms with Crippen molar-refractivity contribution < 1.29 is 14.3 Å². The van der Waals surface area contributed by atoms with Gasteiger partial charge in [0.05, 0.1) is 12.7 Å². The van der Waals surface area contributed by atoms with Crippen molar-refractivity contribution >= 4 is 17.7 Å². The maximum atomic E-state index is 12.0. The number of piperidine rings is 1. The first-order valence-corrected chi connectivity index (χ1v) is 11.1. The topological polar surface area (TPSA) is 70.7 Å². The number of rotatable bonds is 9. The fraction of sp³-hybridized carbons (Fsp3) is 0.440. The summed E-state index contributed by atoms with van der Waals surface area (Å²) in [4.78, 5) is 26.0. The van der Waals surface area contributed by atoms with Crippen LogP contribution in [0, 0.1) is 5.92 Å². The van der Waals surface area contributed by atoms with E-state index in [1.54, 1.807) is 24.3 Å². The first kappa shape index (κ1) is 22.8. The van der Waals surface area contributed by atoms with Crippen LogP contribution in [0.25, 0.3) is 0 Å². The molecule has 1 aliphatic rings. The van der Waals surface area contributed by atoms with E-state index < -0.39 is 5.97 Å². The molecule has 1 heterocycles. The standard InChI is InChI=1S/C25H33N3O3/c1-31-24(29)22-9-11-23(12-10-22)27-25(30)26-15-5-6-16-28-17-13-21(14-18-28)19-20-7-3-2-4-8-20/h2-4,7-12,21H,5-6,13-19H2,1H3,(H2,26,27,30). The number of carbonyl (C=O) groups excluding carboxylic acids is 2. The molecular weight excluding hydrogens is 390 g/mol. The van der Waals surface area contributed by atoms with Crippen LogP contribution >= 0.6 is 0 Å². The molecule has 31 heavy (non-hydrogen) atoms. The Bertz CT molecular complexity index is 816. The molecule has 0 aliphatic carbocycles. The van der Waals surface area contributed by atoms with Gasteiger partial charge in [0.25, 0.3) is 0 Å². The van der Waals surface area contributed by atoms with Gasteiger partial charge in [-0.2, -0.15) is 0 Å². The molecular formula is C25H33N3O3. The predicted octanol–water partition coefficient (Wildman–Crippen LogP) is 4.33. The number of methoxy groups -OCH3 is 1. The molecule has 1 fully saturated rings. The van der Waals surface area contributed by atoms with Crippen molar-refractivity contribution in [3.8, 4) is 0 Å². The summed E-state index contributed by atoms with van der Waals surface area (Å²) in [6.07, 6.45) is 5.77. The number of urea groups is 1.